The van der Waals surface area contributed by atoms with Crippen LogP contribution in [0, 0.1) is 11.3 Å². The lowest BCUT2D eigenvalue weighted by molar-refractivity contribution is -0.152. The number of sulfone groups is 1. The maximum Gasteiger partial charge on any atom is 0.309 e. The lowest BCUT2D eigenvalue weighted by Gasteiger charge is -2.38. The zero-order chi connectivity index (χ0) is 13.3. The van der Waals surface area contributed by atoms with Crippen LogP contribution in [0.3, 0.4) is 0 Å². The second-order valence-electron chi connectivity index (χ2n) is 5.39. The Balaban J connectivity index is 2.89. The Hall–Kier alpha value is -0.580. The first-order valence-corrected chi connectivity index (χ1v) is 8.09. The number of carboxylic acids is 1. The molecule has 17 heavy (non-hydrogen) atoms. The predicted octanol–water partition coefficient (Wildman–Crippen LogP) is 2.09. The van der Waals surface area contributed by atoms with Crippen LogP contribution >= 0.6 is 0 Å². The van der Waals surface area contributed by atoms with Gasteiger partial charge in [0.05, 0.1) is 10.7 Å². The van der Waals surface area contributed by atoms with Gasteiger partial charge in [0.25, 0.3) is 0 Å². The fourth-order valence-corrected chi connectivity index (χ4v) is 3.90. The first-order chi connectivity index (χ1) is 7.71. The molecule has 1 fully saturated rings. The first-order valence-electron chi connectivity index (χ1n) is 6.14. The van der Waals surface area contributed by atoms with E-state index in [1.54, 1.807) is 6.92 Å². The Bertz CT molecular complexity index is 387. The Labute approximate surface area is 103 Å². The number of carbonyl (C=O) groups is 1. The summed E-state index contributed by atoms with van der Waals surface area (Å²) in [6, 6.07) is 0. The first kappa shape index (κ1) is 14.5. The topological polar surface area (TPSA) is 71.4 Å². The van der Waals surface area contributed by atoms with Crippen molar-refractivity contribution in [3.63, 3.8) is 0 Å². The van der Waals surface area contributed by atoms with Crippen molar-refractivity contribution in [2.75, 3.05) is 6.26 Å². The summed E-state index contributed by atoms with van der Waals surface area (Å²) in [5, 5.41) is 8.97. The van der Waals surface area contributed by atoms with Gasteiger partial charge in [0.1, 0.15) is 9.84 Å². The highest BCUT2D eigenvalue weighted by molar-refractivity contribution is 7.91. The predicted molar refractivity (Wildman–Crippen MR) is 66.6 cm³/mol. The Kier molecular flexibility index (Phi) is 4.23. The molecule has 0 amide bonds. The van der Waals surface area contributed by atoms with Crippen molar-refractivity contribution in [1.82, 2.24) is 0 Å². The normalized spacial score (nSPS) is 29.6. The van der Waals surface area contributed by atoms with Gasteiger partial charge in [-0.15, -0.1) is 0 Å². The van der Waals surface area contributed by atoms with Crippen LogP contribution in [0.5, 0.6) is 0 Å². The molecule has 100 valence electrons. The maximum atomic E-state index is 11.6. The average molecular weight is 262 g/mol. The second kappa shape index (κ2) is 4.96. The molecule has 0 saturated heterocycles. The number of carboxylic acid groups (broad SMARTS) is 1. The van der Waals surface area contributed by atoms with Gasteiger partial charge >= 0.3 is 5.97 Å². The quantitative estimate of drug-likeness (QED) is 0.842. The van der Waals surface area contributed by atoms with Crippen LogP contribution in [0.4, 0.5) is 0 Å². The molecule has 0 aromatic carbocycles. The second-order valence-corrected chi connectivity index (χ2v) is 7.72. The van der Waals surface area contributed by atoms with Crippen LogP contribution in [0.1, 0.15) is 46.0 Å². The molecular weight excluding hydrogens is 240 g/mol. The molecule has 1 N–H and O–H groups in total. The Morgan fingerprint density at radius 3 is 2.41 bits per heavy atom. The molecular formula is C12H22O4S. The summed E-state index contributed by atoms with van der Waals surface area (Å²) in [7, 11) is -3.05. The van der Waals surface area contributed by atoms with E-state index < -0.39 is 21.2 Å². The molecule has 4 nitrogen and oxygen atoms in total. The minimum Gasteiger partial charge on any atom is -0.481 e. The van der Waals surface area contributed by atoms with Crippen LogP contribution in [0.25, 0.3) is 0 Å². The molecule has 0 bridgehead atoms. The molecule has 1 saturated carbocycles. The number of hydrogen-bond acceptors (Lipinski definition) is 3. The van der Waals surface area contributed by atoms with Gasteiger partial charge in [-0.25, -0.2) is 8.42 Å². The molecule has 0 aromatic rings. The Morgan fingerprint density at radius 1 is 1.41 bits per heavy atom. The van der Waals surface area contributed by atoms with E-state index in [4.69, 9.17) is 0 Å². The summed E-state index contributed by atoms with van der Waals surface area (Å²) in [6.45, 7) is 3.60. The molecule has 0 spiro atoms. The highest BCUT2D eigenvalue weighted by Crippen LogP contribution is 2.42. The lowest BCUT2D eigenvalue weighted by atomic mass is 9.68. The summed E-state index contributed by atoms with van der Waals surface area (Å²) in [4.78, 5) is 11.4. The van der Waals surface area contributed by atoms with Gasteiger partial charge in [0.2, 0.25) is 0 Å². The van der Waals surface area contributed by atoms with E-state index >= 15 is 0 Å². The van der Waals surface area contributed by atoms with Crippen molar-refractivity contribution in [3.8, 4) is 0 Å². The van der Waals surface area contributed by atoms with E-state index in [0.717, 1.165) is 12.8 Å². The van der Waals surface area contributed by atoms with E-state index in [-0.39, 0.29) is 11.2 Å². The van der Waals surface area contributed by atoms with Gasteiger partial charge in [0.15, 0.2) is 0 Å². The fourth-order valence-electron chi connectivity index (χ4n) is 2.73. The fraction of sp³-hybridized carbons (Fsp3) is 0.917. The molecule has 0 aromatic heterocycles. The van der Waals surface area contributed by atoms with E-state index in [0.29, 0.717) is 19.3 Å². The third-order valence-electron chi connectivity index (χ3n) is 4.36. The van der Waals surface area contributed by atoms with Crippen molar-refractivity contribution in [2.45, 2.75) is 51.2 Å². The highest BCUT2D eigenvalue weighted by Gasteiger charge is 2.43. The molecule has 0 heterocycles. The third-order valence-corrected chi connectivity index (χ3v) is 5.99. The lowest BCUT2D eigenvalue weighted by Crippen LogP contribution is -2.40. The summed E-state index contributed by atoms with van der Waals surface area (Å²) in [5.74, 6) is -0.836. The zero-order valence-electron chi connectivity index (χ0n) is 10.8. The van der Waals surface area contributed by atoms with Crippen molar-refractivity contribution >= 4 is 15.8 Å². The van der Waals surface area contributed by atoms with Crippen molar-refractivity contribution in [2.24, 2.45) is 11.3 Å². The molecule has 0 radical (unpaired) electrons. The smallest absolute Gasteiger partial charge is 0.309 e. The van der Waals surface area contributed by atoms with Gasteiger partial charge in [-0.05, 0) is 38.5 Å². The SMILES string of the molecule is CCC(C)(C(=O)O)C1CCCC(S(C)(=O)=O)C1. The van der Waals surface area contributed by atoms with Crippen molar-refractivity contribution in [3.05, 3.63) is 0 Å². The number of rotatable bonds is 4. The molecule has 0 aliphatic heterocycles. The van der Waals surface area contributed by atoms with Gasteiger partial charge < -0.3 is 5.11 Å². The van der Waals surface area contributed by atoms with Crippen LogP contribution < -0.4 is 0 Å². The van der Waals surface area contributed by atoms with E-state index in [2.05, 4.69) is 0 Å². The summed E-state index contributed by atoms with van der Waals surface area (Å²) < 4.78 is 23.1. The monoisotopic (exact) mass is 262 g/mol. The summed E-state index contributed by atoms with van der Waals surface area (Å²) in [6.07, 6.45) is 4.60. The number of hydrogen-bond donors (Lipinski definition) is 1. The molecule has 1 rings (SSSR count). The van der Waals surface area contributed by atoms with Gasteiger partial charge in [-0.1, -0.05) is 13.3 Å². The minimum atomic E-state index is -3.05. The van der Waals surface area contributed by atoms with Gasteiger partial charge in [-0.2, -0.15) is 0 Å². The van der Waals surface area contributed by atoms with Crippen molar-refractivity contribution < 1.29 is 18.3 Å². The molecule has 1 aliphatic rings. The third kappa shape index (κ3) is 3.00. The molecule has 5 heteroatoms. The zero-order valence-corrected chi connectivity index (χ0v) is 11.6. The highest BCUT2D eigenvalue weighted by atomic mass is 32.2. The standard InChI is InChI=1S/C12H22O4S/c1-4-12(2,11(13)14)9-6-5-7-10(8-9)17(3,15)16/h9-10H,4-8H2,1-3H3,(H,13,14). The van der Waals surface area contributed by atoms with Crippen LogP contribution in [-0.4, -0.2) is 31.0 Å². The number of aliphatic carboxylic acids is 1. The molecule has 3 unspecified atom stereocenters. The van der Waals surface area contributed by atoms with E-state index in [1.165, 1.54) is 6.26 Å². The van der Waals surface area contributed by atoms with Crippen LogP contribution in [0.2, 0.25) is 0 Å². The summed E-state index contributed by atoms with van der Waals surface area (Å²) >= 11 is 0. The minimum absolute atomic E-state index is 0.0292. The van der Waals surface area contributed by atoms with Crippen LogP contribution in [0.15, 0.2) is 0 Å². The Morgan fingerprint density at radius 2 is 2.00 bits per heavy atom. The molecule has 3 atom stereocenters. The maximum absolute atomic E-state index is 11.6. The van der Waals surface area contributed by atoms with E-state index in [9.17, 15) is 18.3 Å². The average Bonchev–Trinajstić information content (AvgIpc) is 2.26. The van der Waals surface area contributed by atoms with Gasteiger partial charge in [-0.3, -0.25) is 4.79 Å². The van der Waals surface area contributed by atoms with Crippen molar-refractivity contribution in [1.29, 1.82) is 0 Å². The van der Waals surface area contributed by atoms with Crippen LogP contribution in [-0.2, 0) is 14.6 Å². The largest absolute Gasteiger partial charge is 0.481 e. The summed E-state index contributed by atoms with van der Waals surface area (Å²) in [5.41, 5.74) is -0.788. The van der Waals surface area contributed by atoms with E-state index in [1.807, 2.05) is 6.92 Å². The molecule has 1 aliphatic carbocycles. The van der Waals surface area contributed by atoms with Gasteiger partial charge in [0, 0.05) is 6.26 Å².